The molecule has 0 aromatic heterocycles. The van der Waals surface area contributed by atoms with Gasteiger partial charge < -0.3 is 15.5 Å². The summed E-state index contributed by atoms with van der Waals surface area (Å²) in [5.74, 6) is 0.290. The number of carbonyl (C=O) groups is 1. The molecule has 2 atom stereocenters. The summed E-state index contributed by atoms with van der Waals surface area (Å²) in [5.41, 5.74) is 0.635. The average Bonchev–Trinajstić information content (AvgIpc) is 2.93. The van der Waals surface area contributed by atoms with E-state index >= 15 is 0 Å². The molecule has 2 aliphatic heterocycles. The van der Waals surface area contributed by atoms with Gasteiger partial charge in [0.2, 0.25) is 0 Å². The van der Waals surface area contributed by atoms with Gasteiger partial charge in [0.25, 0.3) is 0 Å². The quantitative estimate of drug-likeness (QED) is 0.795. The fourth-order valence-electron chi connectivity index (χ4n) is 2.83. The number of nitrogens with zero attached hydrogens (tertiary/aromatic N) is 1. The van der Waals surface area contributed by atoms with Gasteiger partial charge in [0.15, 0.2) is 0 Å². The fraction of sp³-hybridized carbons (Fsp3) is 0.462. The van der Waals surface area contributed by atoms with E-state index in [1.807, 2.05) is 4.90 Å². The second-order valence-electron chi connectivity index (χ2n) is 4.90. The third kappa shape index (κ3) is 2.06. The topological polar surface area (TPSA) is 44.4 Å². The lowest BCUT2D eigenvalue weighted by Gasteiger charge is -2.23. The molecule has 2 fully saturated rings. The van der Waals surface area contributed by atoms with E-state index in [9.17, 15) is 9.18 Å². The number of fused-ring (bicyclic) bond motifs is 1. The van der Waals surface area contributed by atoms with Crippen molar-refractivity contribution in [2.45, 2.75) is 12.5 Å². The van der Waals surface area contributed by atoms with Crippen LogP contribution in [-0.4, -0.2) is 36.6 Å². The Kier molecular flexibility index (Phi) is 2.91. The van der Waals surface area contributed by atoms with Crippen LogP contribution in [0.25, 0.3) is 0 Å². The normalized spacial score (nSPS) is 26.2. The van der Waals surface area contributed by atoms with Gasteiger partial charge in [0, 0.05) is 31.4 Å². The molecule has 96 valence electrons. The summed E-state index contributed by atoms with van der Waals surface area (Å²) < 4.78 is 12.8. The first-order valence-electron chi connectivity index (χ1n) is 6.28. The minimum absolute atomic E-state index is 0.0854. The van der Waals surface area contributed by atoms with Crippen LogP contribution >= 0.6 is 0 Å². The predicted octanol–water partition coefficient (Wildman–Crippen LogP) is 1.65. The maximum absolute atomic E-state index is 12.8. The molecular weight excluding hydrogens is 233 g/mol. The molecule has 18 heavy (non-hydrogen) atoms. The molecule has 5 heteroatoms. The van der Waals surface area contributed by atoms with Crippen molar-refractivity contribution in [1.82, 2.24) is 10.2 Å². The first kappa shape index (κ1) is 11.5. The van der Waals surface area contributed by atoms with Gasteiger partial charge in [0.05, 0.1) is 0 Å². The van der Waals surface area contributed by atoms with Gasteiger partial charge in [-0.2, -0.15) is 0 Å². The van der Waals surface area contributed by atoms with Crippen molar-refractivity contribution in [1.29, 1.82) is 0 Å². The van der Waals surface area contributed by atoms with E-state index in [2.05, 4.69) is 10.6 Å². The number of anilines is 1. The monoisotopic (exact) mass is 249 g/mol. The number of benzene rings is 1. The van der Waals surface area contributed by atoms with Crippen molar-refractivity contribution < 1.29 is 9.18 Å². The Morgan fingerprint density at radius 2 is 2.11 bits per heavy atom. The summed E-state index contributed by atoms with van der Waals surface area (Å²) in [6, 6.07) is 6.07. The molecule has 3 rings (SSSR count). The van der Waals surface area contributed by atoms with E-state index in [1.165, 1.54) is 12.1 Å². The second kappa shape index (κ2) is 4.57. The molecule has 0 spiro atoms. The van der Waals surface area contributed by atoms with Crippen molar-refractivity contribution in [3.8, 4) is 0 Å². The predicted molar refractivity (Wildman–Crippen MR) is 66.9 cm³/mol. The number of urea groups is 1. The minimum atomic E-state index is -0.297. The molecule has 0 bridgehead atoms. The number of hydrogen-bond donors (Lipinski definition) is 2. The Hall–Kier alpha value is -1.62. The van der Waals surface area contributed by atoms with Crippen LogP contribution in [0, 0.1) is 11.7 Å². The standard InChI is InChI=1S/C13H16FN3O/c14-10-1-3-11(4-2-10)16-13(18)17-6-5-9-7-15-8-12(9)17/h1-4,9,12,15H,5-8H2,(H,16,18)/t9-,12+/m1/s1. The van der Waals surface area contributed by atoms with Gasteiger partial charge in [0.1, 0.15) is 5.82 Å². The Balaban J connectivity index is 1.66. The van der Waals surface area contributed by atoms with Gasteiger partial charge in [-0.25, -0.2) is 9.18 Å². The highest BCUT2D eigenvalue weighted by Crippen LogP contribution is 2.27. The summed E-state index contributed by atoms with van der Waals surface area (Å²) in [6.07, 6.45) is 1.06. The molecule has 0 saturated carbocycles. The molecule has 2 saturated heterocycles. The summed E-state index contributed by atoms with van der Waals surface area (Å²) >= 11 is 0. The van der Waals surface area contributed by atoms with Gasteiger partial charge in [-0.15, -0.1) is 0 Å². The van der Waals surface area contributed by atoms with E-state index < -0.39 is 0 Å². The van der Waals surface area contributed by atoms with E-state index in [1.54, 1.807) is 12.1 Å². The summed E-state index contributed by atoms with van der Waals surface area (Å²) in [7, 11) is 0. The van der Waals surface area contributed by atoms with E-state index in [0.29, 0.717) is 17.6 Å². The largest absolute Gasteiger partial charge is 0.322 e. The molecule has 1 aromatic rings. The lowest BCUT2D eigenvalue weighted by molar-refractivity contribution is 0.206. The van der Waals surface area contributed by atoms with Crippen LogP contribution in [0.1, 0.15) is 6.42 Å². The van der Waals surface area contributed by atoms with Crippen LogP contribution < -0.4 is 10.6 Å². The average molecular weight is 249 g/mol. The number of hydrogen-bond acceptors (Lipinski definition) is 2. The second-order valence-corrected chi connectivity index (χ2v) is 4.90. The smallest absolute Gasteiger partial charge is 0.320 e. The van der Waals surface area contributed by atoms with Crippen LogP contribution in [0.2, 0.25) is 0 Å². The van der Waals surface area contributed by atoms with E-state index in [-0.39, 0.29) is 11.8 Å². The van der Waals surface area contributed by atoms with Crippen molar-refractivity contribution in [2.75, 3.05) is 25.0 Å². The Morgan fingerprint density at radius 3 is 2.89 bits per heavy atom. The maximum atomic E-state index is 12.8. The molecule has 2 N–H and O–H groups in total. The number of carbonyl (C=O) groups excluding carboxylic acids is 1. The van der Waals surface area contributed by atoms with Gasteiger partial charge in [-0.1, -0.05) is 0 Å². The van der Waals surface area contributed by atoms with E-state index in [4.69, 9.17) is 0 Å². The summed E-state index contributed by atoms with van der Waals surface area (Å²) in [5, 5.41) is 6.13. The maximum Gasteiger partial charge on any atom is 0.322 e. The molecule has 2 heterocycles. The van der Waals surface area contributed by atoms with Crippen molar-refractivity contribution in [3.05, 3.63) is 30.1 Å². The molecule has 1 aromatic carbocycles. The SMILES string of the molecule is O=C(Nc1ccc(F)cc1)N1CC[C@@H]2CNC[C@@H]21. The number of halogens is 1. The summed E-state index contributed by atoms with van der Waals surface area (Å²) in [4.78, 5) is 14.0. The van der Waals surface area contributed by atoms with Crippen LogP contribution in [0.15, 0.2) is 24.3 Å². The molecule has 4 nitrogen and oxygen atoms in total. The lowest BCUT2D eigenvalue weighted by atomic mass is 10.1. The first-order chi connectivity index (χ1) is 8.74. The van der Waals surface area contributed by atoms with Gasteiger partial charge in [-0.05, 0) is 36.6 Å². The van der Waals surface area contributed by atoms with Crippen LogP contribution in [0.5, 0.6) is 0 Å². The lowest BCUT2D eigenvalue weighted by Crippen LogP contribution is -2.41. The third-order valence-corrected chi connectivity index (χ3v) is 3.80. The molecule has 0 unspecified atom stereocenters. The van der Waals surface area contributed by atoms with Crippen molar-refractivity contribution >= 4 is 11.7 Å². The molecule has 2 aliphatic rings. The zero-order valence-corrected chi connectivity index (χ0v) is 10.0. The molecule has 0 radical (unpaired) electrons. The fourth-order valence-corrected chi connectivity index (χ4v) is 2.83. The van der Waals surface area contributed by atoms with Crippen LogP contribution in [0.4, 0.5) is 14.9 Å². The van der Waals surface area contributed by atoms with Crippen LogP contribution in [0.3, 0.4) is 0 Å². The van der Waals surface area contributed by atoms with Crippen molar-refractivity contribution in [2.24, 2.45) is 5.92 Å². The van der Waals surface area contributed by atoms with Gasteiger partial charge >= 0.3 is 6.03 Å². The summed E-state index contributed by atoms with van der Waals surface area (Å²) in [6.45, 7) is 2.69. The number of likely N-dealkylation sites (tertiary alicyclic amines) is 1. The van der Waals surface area contributed by atoms with E-state index in [0.717, 1.165) is 26.1 Å². The number of nitrogens with one attached hydrogen (secondary N) is 2. The first-order valence-corrected chi connectivity index (χ1v) is 6.28. The number of rotatable bonds is 1. The van der Waals surface area contributed by atoms with Crippen LogP contribution in [-0.2, 0) is 0 Å². The zero-order chi connectivity index (χ0) is 12.5. The Bertz CT molecular complexity index is 448. The highest BCUT2D eigenvalue weighted by atomic mass is 19.1. The highest BCUT2D eigenvalue weighted by Gasteiger charge is 2.39. The zero-order valence-electron chi connectivity index (χ0n) is 10.0. The highest BCUT2D eigenvalue weighted by molar-refractivity contribution is 5.89. The minimum Gasteiger partial charge on any atom is -0.320 e. The number of amides is 2. The molecule has 0 aliphatic carbocycles. The Labute approximate surface area is 105 Å². The molecule has 2 amide bonds. The molecular formula is C13H16FN3O. The Morgan fingerprint density at radius 1 is 1.33 bits per heavy atom. The van der Waals surface area contributed by atoms with Crippen molar-refractivity contribution in [3.63, 3.8) is 0 Å². The third-order valence-electron chi connectivity index (χ3n) is 3.80. The van der Waals surface area contributed by atoms with Gasteiger partial charge in [-0.3, -0.25) is 0 Å².